The van der Waals surface area contributed by atoms with Gasteiger partial charge in [0.1, 0.15) is 0 Å². The molecule has 0 amide bonds. The molecule has 0 saturated heterocycles. The van der Waals surface area contributed by atoms with Crippen molar-refractivity contribution in [1.29, 1.82) is 0 Å². The molecule has 0 unspecified atom stereocenters. The molecule has 90 valence electrons. The summed E-state index contributed by atoms with van der Waals surface area (Å²) in [6.07, 6.45) is 0.709. The molecule has 17 heavy (non-hydrogen) atoms. The van der Waals surface area contributed by atoms with E-state index in [2.05, 4.69) is 48.8 Å². The van der Waals surface area contributed by atoms with Crippen LogP contribution >= 0.6 is 12.6 Å². The van der Waals surface area contributed by atoms with Crippen LogP contribution in [0.3, 0.4) is 0 Å². The second-order valence-electron chi connectivity index (χ2n) is 4.25. The molecule has 1 heterocycles. The minimum atomic E-state index is 0.534. The molecule has 2 aromatic rings. The quantitative estimate of drug-likeness (QED) is 0.843. The van der Waals surface area contributed by atoms with E-state index in [0.717, 1.165) is 5.56 Å². The Labute approximate surface area is 107 Å². The average molecular weight is 248 g/mol. The predicted octanol–water partition coefficient (Wildman–Crippen LogP) is 3.33. The smallest absolute Gasteiger partial charge is 0.247 e. The van der Waals surface area contributed by atoms with E-state index in [1.165, 1.54) is 5.56 Å². The maximum atomic E-state index is 5.54. The molecular formula is C13H16N2OS. The molecule has 0 N–H and O–H groups in total. The molecule has 1 aromatic carbocycles. The van der Waals surface area contributed by atoms with Gasteiger partial charge in [0.05, 0.1) is 0 Å². The molecule has 1 aromatic heterocycles. The van der Waals surface area contributed by atoms with Crippen molar-refractivity contribution in [1.82, 2.24) is 10.2 Å². The van der Waals surface area contributed by atoms with Gasteiger partial charge in [0.2, 0.25) is 11.8 Å². The van der Waals surface area contributed by atoms with Crippen molar-refractivity contribution in [2.45, 2.75) is 26.2 Å². The van der Waals surface area contributed by atoms with Gasteiger partial charge in [-0.15, -0.1) is 10.2 Å². The highest BCUT2D eigenvalue weighted by atomic mass is 32.1. The first kappa shape index (κ1) is 12.2. The summed E-state index contributed by atoms with van der Waals surface area (Å²) in [6, 6.07) is 8.24. The lowest BCUT2D eigenvalue weighted by Crippen LogP contribution is -1.86. The summed E-state index contributed by atoms with van der Waals surface area (Å²) in [5.74, 6) is 2.47. The van der Waals surface area contributed by atoms with Crippen molar-refractivity contribution >= 4 is 12.6 Å². The van der Waals surface area contributed by atoms with Crippen molar-refractivity contribution < 1.29 is 4.42 Å². The van der Waals surface area contributed by atoms with Crippen LogP contribution in [0, 0.1) is 0 Å². The molecule has 0 spiro atoms. The van der Waals surface area contributed by atoms with Gasteiger partial charge in [-0.05, 0) is 29.4 Å². The summed E-state index contributed by atoms with van der Waals surface area (Å²) in [4.78, 5) is 0. The summed E-state index contributed by atoms with van der Waals surface area (Å²) in [6.45, 7) is 4.35. The fraction of sp³-hybridized carbons (Fsp3) is 0.385. The number of thiol groups is 1. The summed E-state index contributed by atoms with van der Waals surface area (Å²) < 4.78 is 5.54. The topological polar surface area (TPSA) is 38.9 Å². The van der Waals surface area contributed by atoms with Gasteiger partial charge in [-0.25, -0.2) is 0 Å². The number of rotatable bonds is 4. The summed E-state index contributed by atoms with van der Waals surface area (Å²) in [7, 11) is 0. The number of benzene rings is 1. The maximum absolute atomic E-state index is 5.54. The van der Waals surface area contributed by atoms with Gasteiger partial charge in [0.25, 0.3) is 0 Å². The van der Waals surface area contributed by atoms with E-state index >= 15 is 0 Å². The van der Waals surface area contributed by atoms with Crippen LogP contribution < -0.4 is 0 Å². The normalized spacial score (nSPS) is 11.1. The molecule has 0 fully saturated rings. The first-order valence-electron chi connectivity index (χ1n) is 5.74. The summed E-state index contributed by atoms with van der Waals surface area (Å²) in [5, 5.41) is 8.00. The summed E-state index contributed by atoms with van der Waals surface area (Å²) >= 11 is 4.14. The van der Waals surface area contributed by atoms with Gasteiger partial charge < -0.3 is 4.42 Å². The largest absolute Gasteiger partial charge is 0.421 e. The van der Waals surface area contributed by atoms with Crippen molar-refractivity contribution in [3.05, 3.63) is 35.7 Å². The van der Waals surface area contributed by atoms with E-state index in [-0.39, 0.29) is 0 Å². The Kier molecular flexibility index (Phi) is 3.84. The first-order chi connectivity index (χ1) is 8.20. The number of aromatic nitrogens is 2. The van der Waals surface area contributed by atoms with Gasteiger partial charge >= 0.3 is 0 Å². The second kappa shape index (κ2) is 5.36. The fourth-order valence-corrected chi connectivity index (χ4v) is 1.77. The highest BCUT2D eigenvalue weighted by molar-refractivity contribution is 7.80. The van der Waals surface area contributed by atoms with Crippen LogP contribution in [0.1, 0.15) is 31.2 Å². The molecule has 2 rings (SSSR count). The minimum Gasteiger partial charge on any atom is -0.421 e. The Bertz CT molecular complexity index is 476. The third-order valence-electron chi connectivity index (χ3n) is 2.62. The molecule has 4 heteroatoms. The van der Waals surface area contributed by atoms with Crippen LogP contribution in [0.4, 0.5) is 0 Å². The first-order valence-corrected chi connectivity index (χ1v) is 6.37. The van der Waals surface area contributed by atoms with E-state index in [4.69, 9.17) is 4.42 Å². The lowest BCUT2D eigenvalue weighted by molar-refractivity contribution is 0.514. The van der Waals surface area contributed by atoms with Crippen LogP contribution in [0.25, 0.3) is 11.5 Å². The van der Waals surface area contributed by atoms with E-state index < -0.39 is 0 Å². The maximum Gasteiger partial charge on any atom is 0.247 e. The average Bonchev–Trinajstić information content (AvgIpc) is 2.78. The van der Waals surface area contributed by atoms with Crippen LogP contribution in [0.15, 0.2) is 28.7 Å². The highest BCUT2D eigenvalue weighted by Gasteiger charge is 2.08. The highest BCUT2D eigenvalue weighted by Crippen LogP contribution is 2.21. The van der Waals surface area contributed by atoms with Crippen molar-refractivity contribution in [3.63, 3.8) is 0 Å². The lowest BCUT2D eigenvalue weighted by atomic mass is 10.0. The number of hydrogen-bond acceptors (Lipinski definition) is 4. The Balaban J connectivity index is 2.21. The van der Waals surface area contributed by atoms with Crippen LogP contribution in [-0.2, 0) is 6.42 Å². The predicted molar refractivity (Wildman–Crippen MR) is 71.4 cm³/mol. The zero-order valence-electron chi connectivity index (χ0n) is 10.1. The zero-order chi connectivity index (χ0) is 12.3. The van der Waals surface area contributed by atoms with Crippen LogP contribution in [0.2, 0.25) is 0 Å². The third kappa shape index (κ3) is 2.88. The SMILES string of the molecule is CC(C)c1ccc(-c2nnc(CCS)o2)cc1. The molecule has 0 saturated carbocycles. The Hall–Kier alpha value is -1.29. The van der Waals surface area contributed by atoms with Crippen molar-refractivity contribution in [2.75, 3.05) is 5.75 Å². The fourth-order valence-electron chi connectivity index (χ4n) is 1.58. The second-order valence-corrected chi connectivity index (χ2v) is 4.70. The van der Waals surface area contributed by atoms with Crippen molar-refractivity contribution in [2.24, 2.45) is 0 Å². The van der Waals surface area contributed by atoms with E-state index in [1.54, 1.807) is 0 Å². The zero-order valence-corrected chi connectivity index (χ0v) is 10.9. The third-order valence-corrected chi connectivity index (χ3v) is 2.84. The number of aryl methyl sites for hydroxylation is 1. The Morgan fingerprint density at radius 2 is 1.88 bits per heavy atom. The van der Waals surface area contributed by atoms with Crippen LogP contribution in [-0.4, -0.2) is 16.0 Å². The monoisotopic (exact) mass is 248 g/mol. The molecule has 0 radical (unpaired) electrons. The standard InChI is InChI=1S/C13H16N2OS/c1-9(2)10-3-5-11(6-4-10)13-15-14-12(16-13)7-8-17/h3-6,9,17H,7-8H2,1-2H3. The van der Waals surface area contributed by atoms with Gasteiger partial charge in [-0.2, -0.15) is 12.6 Å². The van der Waals surface area contributed by atoms with Gasteiger partial charge in [0, 0.05) is 12.0 Å². The van der Waals surface area contributed by atoms with Gasteiger partial charge in [-0.3, -0.25) is 0 Å². The molecule has 0 bridgehead atoms. The molecule has 0 aliphatic rings. The van der Waals surface area contributed by atoms with E-state index in [0.29, 0.717) is 29.9 Å². The minimum absolute atomic E-state index is 0.534. The van der Waals surface area contributed by atoms with E-state index in [1.807, 2.05) is 12.1 Å². The lowest BCUT2D eigenvalue weighted by Gasteiger charge is -2.04. The van der Waals surface area contributed by atoms with E-state index in [9.17, 15) is 0 Å². The molecule has 0 aliphatic heterocycles. The van der Waals surface area contributed by atoms with Gasteiger partial charge in [-0.1, -0.05) is 26.0 Å². The number of nitrogens with zero attached hydrogens (tertiary/aromatic N) is 2. The Morgan fingerprint density at radius 3 is 2.47 bits per heavy atom. The molecule has 0 atom stereocenters. The van der Waals surface area contributed by atoms with Gasteiger partial charge in [0.15, 0.2) is 0 Å². The Morgan fingerprint density at radius 1 is 1.18 bits per heavy atom. The number of hydrogen-bond donors (Lipinski definition) is 1. The molecule has 3 nitrogen and oxygen atoms in total. The summed E-state index contributed by atoms with van der Waals surface area (Å²) in [5.41, 5.74) is 2.27. The molecular weight excluding hydrogens is 232 g/mol. The van der Waals surface area contributed by atoms with Crippen LogP contribution in [0.5, 0.6) is 0 Å². The van der Waals surface area contributed by atoms with Crippen molar-refractivity contribution in [3.8, 4) is 11.5 Å². The molecule has 0 aliphatic carbocycles.